The number of hydrogen-bond donors (Lipinski definition) is 2. The van der Waals surface area contributed by atoms with Crippen LogP contribution in [0.2, 0.25) is 0 Å². The first kappa shape index (κ1) is 15.8. The number of rotatable bonds is 4. The molecule has 0 fully saturated rings. The van der Waals surface area contributed by atoms with Crippen LogP contribution in [0.1, 0.15) is 45.3 Å². The molecule has 0 amide bonds. The van der Waals surface area contributed by atoms with E-state index in [4.69, 9.17) is 5.73 Å². The second-order valence-corrected chi connectivity index (χ2v) is 7.91. The molecule has 2 heterocycles. The second-order valence-electron chi connectivity index (χ2n) is 6.97. The van der Waals surface area contributed by atoms with Crippen molar-refractivity contribution >= 4 is 23.0 Å². The number of hydrogen-bond acceptors (Lipinski definition) is 5. The third-order valence-corrected chi connectivity index (χ3v) is 4.55. The molecule has 2 aromatic heterocycles. The molecular formula is C16H24N4S. The molecule has 0 radical (unpaired) electrons. The molecule has 5 heteroatoms. The molecular weight excluding hydrogens is 280 g/mol. The lowest BCUT2D eigenvalue weighted by molar-refractivity contribution is 0.543. The van der Waals surface area contributed by atoms with Gasteiger partial charge in [0.1, 0.15) is 17.5 Å². The van der Waals surface area contributed by atoms with Crippen LogP contribution in [0.3, 0.4) is 0 Å². The molecule has 0 saturated carbocycles. The van der Waals surface area contributed by atoms with Crippen molar-refractivity contribution in [2.75, 3.05) is 17.6 Å². The summed E-state index contributed by atoms with van der Waals surface area (Å²) in [5, 5.41) is 5.51. The van der Waals surface area contributed by atoms with Crippen molar-refractivity contribution in [1.29, 1.82) is 0 Å². The van der Waals surface area contributed by atoms with Gasteiger partial charge in [-0.2, -0.15) is 0 Å². The van der Waals surface area contributed by atoms with Crippen LogP contribution in [0.25, 0.3) is 0 Å². The molecule has 0 aromatic carbocycles. The average Bonchev–Trinajstić information content (AvgIpc) is 2.89. The van der Waals surface area contributed by atoms with Gasteiger partial charge in [0.15, 0.2) is 0 Å². The number of nitrogens with two attached hydrogens (primary N) is 1. The average molecular weight is 304 g/mol. The second kappa shape index (κ2) is 5.64. The lowest BCUT2D eigenvalue weighted by Crippen LogP contribution is -2.27. The minimum atomic E-state index is -0.116. The van der Waals surface area contributed by atoms with E-state index in [1.54, 1.807) is 17.4 Å². The van der Waals surface area contributed by atoms with E-state index in [2.05, 4.69) is 67.4 Å². The van der Waals surface area contributed by atoms with Crippen molar-refractivity contribution in [2.24, 2.45) is 0 Å². The highest BCUT2D eigenvalue weighted by Gasteiger charge is 2.23. The zero-order chi connectivity index (χ0) is 15.7. The predicted molar refractivity (Wildman–Crippen MR) is 91.0 cm³/mol. The first-order valence-corrected chi connectivity index (χ1v) is 7.99. The molecule has 21 heavy (non-hydrogen) atoms. The van der Waals surface area contributed by atoms with Gasteiger partial charge in [-0.1, -0.05) is 40.7 Å². The molecule has 0 aliphatic carbocycles. The van der Waals surface area contributed by atoms with Gasteiger partial charge in [-0.25, -0.2) is 9.97 Å². The van der Waals surface area contributed by atoms with Crippen molar-refractivity contribution in [3.05, 3.63) is 34.3 Å². The minimum absolute atomic E-state index is 0.0514. The first-order valence-electron chi connectivity index (χ1n) is 7.11. The van der Waals surface area contributed by atoms with E-state index in [-0.39, 0.29) is 10.8 Å². The Bertz CT molecular complexity index is 597. The van der Waals surface area contributed by atoms with Gasteiger partial charge >= 0.3 is 0 Å². The van der Waals surface area contributed by atoms with Gasteiger partial charge in [0, 0.05) is 28.3 Å². The normalized spacial score (nSPS) is 12.4. The predicted octanol–water partition coefficient (Wildman–Crippen LogP) is 3.81. The zero-order valence-corrected chi connectivity index (χ0v) is 14.2. The Hall–Kier alpha value is -1.62. The van der Waals surface area contributed by atoms with Crippen LogP contribution >= 0.6 is 11.3 Å². The van der Waals surface area contributed by atoms with Crippen LogP contribution in [0, 0.1) is 0 Å². The number of aromatic nitrogens is 2. The Morgan fingerprint density at radius 1 is 1.19 bits per heavy atom. The minimum Gasteiger partial charge on any atom is -0.384 e. The van der Waals surface area contributed by atoms with E-state index in [0.29, 0.717) is 5.82 Å². The summed E-state index contributed by atoms with van der Waals surface area (Å²) in [5.41, 5.74) is 5.84. The molecule has 3 N–H and O–H groups in total. The quantitative estimate of drug-likeness (QED) is 0.901. The van der Waals surface area contributed by atoms with E-state index in [0.717, 1.165) is 18.2 Å². The fraction of sp³-hybridized carbons (Fsp3) is 0.500. The van der Waals surface area contributed by atoms with Gasteiger partial charge < -0.3 is 11.1 Å². The van der Waals surface area contributed by atoms with Crippen LogP contribution in [0.15, 0.2) is 23.6 Å². The lowest BCUT2D eigenvalue weighted by atomic mass is 9.91. The summed E-state index contributed by atoms with van der Waals surface area (Å²) in [5.74, 6) is 2.06. The van der Waals surface area contributed by atoms with Gasteiger partial charge in [-0.05, 0) is 11.4 Å². The SMILES string of the molecule is CC(C)(C)c1nc(N)cc(NCC(C)(C)c2cccs2)n1. The first-order chi connectivity index (χ1) is 9.68. The fourth-order valence-electron chi connectivity index (χ4n) is 1.95. The third kappa shape index (κ3) is 3.94. The van der Waals surface area contributed by atoms with Crippen molar-refractivity contribution in [3.63, 3.8) is 0 Å². The molecule has 0 spiro atoms. The van der Waals surface area contributed by atoms with E-state index in [9.17, 15) is 0 Å². The summed E-state index contributed by atoms with van der Waals surface area (Å²) in [6, 6.07) is 6.04. The summed E-state index contributed by atoms with van der Waals surface area (Å²) in [4.78, 5) is 10.3. The highest BCUT2D eigenvalue weighted by molar-refractivity contribution is 7.10. The monoisotopic (exact) mass is 304 g/mol. The Morgan fingerprint density at radius 2 is 1.90 bits per heavy atom. The number of anilines is 2. The van der Waals surface area contributed by atoms with Crippen molar-refractivity contribution in [3.8, 4) is 0 Å². The molecule has 4 nitrogen and oxygen atoms in total. The summed E-state index contributed by atoms with van der Waals surface area (Å²) < 4.78 is 0. The highest BCUT2D eigenvalue weighted by Crippen LogP contribution is 2.28. The van der Waals surface area contributed by atoms with E-state index in [1.807, 2.05) is 0 Å². The molecule has 0 atom stereocenters. The maximum Gasteiger partial charge on any atom is 0.138 e. The standard InChI is InChI=1S/C16H24N4S/c1-15(2,3)14-19-12(17)9-13(20-14)18-10-16(4,5)11-7-6-8-21-11/h6-9H,10H2,1-5H3,(H3,17,18,19,20). The molecule has 0 aliphatic rings. The molecule has 0 aliphatic heterocycles. The summed E-state index contributed by atoms with van der Waals surface area (Å²) in [6.45, 7) is 11.5. The van der Waals surface area contributed by atoms with Gasteiger partial charge in [-0.15, -0.1) is 11.3 Å². The van der Waals surface area contributed by atoms with Crippen molar-refractivity contribution < 1.29 is 0 Å². The molecule has 2 aromatic rings. The van der Waals surface area contributed by atoms with Gasteiger partial charge in [0.25, 0.3) is 0 Å². The Balaban J connectivity index is 2.15. The lowest BCUT2D eigenvalue weighted by Gasteiger charge is -2.25. The van der Waals surface area contributed by atoms with E-state index in [1.165, 1.54) is 4.88 Å². The third-order valence-electron chi connectivity index (χ3n) is 3.32. The number of nitrogens with zero attached hydrogens (tertiary/aromatic N) is 2. The summed E-state index contributed by atoms with van der Waals surface area (Å²) in [6.07, 6.45) is 0. The topological polar surface area (TPSA) is 63.8 Å². The Labute approximate surface area is 130 Å². The number of nitrogens with one attached hydrogen (secondary N) is 1. The van der Waals surface area contributed by atoms with Crippen LogP contribution in [0.4, 0.5) is 11.6 Å². The van der Waals surface area contributed by atoms with Crippen molar-refractivity contribution in [2.45, 2.75) is 45.4 Å². The molecule has 114 valence electrons. The number of thiophene rings is 1. The summed E-state index contributed by atoms with van der Waals surface area (Å²) >= 11 is 1.78. The van der Waals surface area contributed by atoms with E-state index < -0.39 is 0 Å². The molecule has 0 bridgehead atoms. The van der Waals surface area contributed by atoms with Crippen molar-refractivity contribution in [1.82, 2.24) is 9.97 Å². The molecule has 2 rings (SSSR count). The Kier molecular flexibility index (Phi) is 4.23. The van der Waals surface area contributed by atoms with Crippen LogP contribution in [0.5, 0.6) is 0 Å². The smallest absolute Gasteiger partial charge is 0.138 e. The van der Waals surface area contributed by atoms with Gasteiger partial charge in [0.2, 0.25) is 0 Å². The largest absolute Gasteiger partial charge is 0.384 e. The number of nitrogen functional groups attached to an aromatic ring is 1. The maximum atomic E-state index is 5.90. The Morgan fingerprint density at radius 3 is 2.48 bits per heavy atom. The van der Waals surface area contributed by atoms with Gasteiger partial charge in [0.05, 0.1) is 0 Å². The van der Waals surface area contributed by atoms with Crippen LogP contribution in [-0.4, -0.2) is 16.5 Å². The fourth-order valence-corrected chi connectivity index (χ4v) is 2.81. The molecule has 0 unspecified atom stereocenters. The van der Waals surface area contributed by atoms with Crippen LogP contribution < -0.4 is 11.1 Å². The summed E-state index contributed by atoms with van der Waals surface area (Å²) in [7, 11) is 0. The zero-order valence-electron chi connectivity index (χ0n) is 13.4. The van der Waals surface area contributed by atoms with Gasteiger partial charge in [-0.3, -0.25) is 0 Å². The van der Waals surface area contributed by atoms with Crippen LogP contribution in [-0.2, 0) is 10.8 Å². The highest BCUT2D eigenvalue weighted by atomic mass is 32.1. The maximum absolute atomic E-state index is 5.90. The van der Waals surface area contributed by atoms with E-state index >= 15 is 0 Å². The molecule has 0 saturated heterocycles.